The average Bonchev–Trinajstić information content (AvgIpc) is 2.75. The minimum atomic E-state index is -1.03. The van der Waals surface area contributed by atoms with Gasteiger partial charge in [0.1, 0.15) is 0 Å². The Morgan fingerprint density at radius 1 is 1.53 bits per heavy atom. The van der Waals surface area contributed by atoms with Crippen molar-refractivity contribution < 1.29 is 9.90 Å². The topological polar surface area (TPSA) is 75.1 Å². The maximum absolute atomic E-state index is 10.9. The van der Waals surface area contributed by atoms with Crippen LogP contribution >= 0.6 is 22.9 Å². The third-order valence-electron chi connectivity index (χ3n) is 2.58. The normalized spacial score (nSPS) is 12.2. The number of aromatic nitrogens is 2. The first-order valence-electron chi connectivity index (χ1n) is 5.56. The quantitative estimate of drug-likeness (QED) is 0.905. The molecule has 0 bridgehead atoms. The Hall–Kier alpha value is -1.66. The van der Waals surface area contributed by atoms with Crippen LogP contribution < -0.4 is 5.32 Å². The number of nitrogens with zero attached hydrogens (tertiary/aromatic N) is 2. The standard InChI is InChI=1S/C12H12ClN3O2S/c1-6-8(11(17)18)5-14-12(15-6)16-7(2)9-3-4-10(13)19-9/h3-5,7H,1-2H3,(H,17,18)(H,14,15,16). The van der Waals surface area contributed by atoms with Crippen molar-refractivity contribution >= 4 is 34.9 Å². The Bertz CT molecular complexity index is 615. The van der Waals surface area contributed by atoms with Crippen LogP contribution in [0.15, 0.2) is 18.3 Å². The van der Waals surface area contributed by atoms with Crippen LogP contribution in [0.4, 0.5) is 5.95 Å². The molecule has 0 saturated heterocycles. The number of carboxylic acid groups (broad SMARTS) is 1. The van der Waals surface area contributed by atoms with Crippen LogP contribution in [0.25, 0.3) is 0 Å². The van der Waals surface area contributed by atoms with E-state index >= 15 is 0 Å². The Labute approximate surface area is 119 Å². The highest BCUT2D eigenvalue weighted by molar-refractivity contribution is 7.16. The number of aryl methyl sites for hydroxylation is 1. The molecule has 1 atom stereocenters. The Balaban J connectivity index is 2.15. The summed E-state index contributed by atoms with van der Waals surface area (Å²) in [7, 11) is 0. The van der Waals surface area contributed by atoms with Crippen molar-refractivity contribution in [1.82, 2.24) is 9.97 Å². The number of halogens is 1. The average molecular weight is 298 g/mol. The highest BCUT2D eigenvalue weighted by Crippen LogP contribution is 2.28. The molecule has 0 aliphatic carbocycles. The van der Waals surface area contributed by atoms with Gasteiger partial charge in [0, 0.05) is 11.1 Å². The molecule has 0 spiro atoms. The van der Waals surface area contributed by atoms with Crippen LogP contribution in [-0.4, -0.2) is 21.0 Å². The molecule has 0 saturated carbocycles. The van der Waals surface area contributed by atoms with E-state index in [0.717, 1.165) is 9.21 Å². The largest absolute Gasteiger partial charge is 0.478 e. The van der Waals surface area contributed by atoms with Gasteiger partial charge in [-0.3, -0.25) is 0 Å². The van der Waals surface area contributed by atoms with E-state index in [2.05, 4.69) is 15.3 Å². The van der Waals surface area contributed by atoms with E-state index in [-0.39, 0.29) is 11.6 Å². The molecule has 5 nitrogen and oxygen atoms in total. The highest BCUT2D eigenvalue weighted by Gasteiger charge is 2.13. The van der Waals surface area contributed by atoms with Gasteiger partial charge in [-0.15, -0.1) is 11.3 Å². The fourth-order valence-corrected chi connectivity index (χ4v) is 2.64. The highest BCUT2D eigenvalue weighted by atomic mass is 35.5. The zero-order valence-electron chi connectivity index (χ0n) is 10.3. The third kappa shape index (κ3) is 3.21. The van der Waals surface area contributed by atoms with E-state index in [1.165, 1.54) is 17.5 Å². The molecule has 0 aliphatic rings. The van der Waals surface area contributed by atoms with E-state index < -0.39 is 5.97 Å². The fourth-order valence-electron chi connectivity index (χ4n) is 1.57. The maximum atomic E-state index is 10.9. The smallest absolute Gasteiger partial charge is 0.339 e. The first-order chi connectivity index (χ1) is 8.97. The molecule has 2 aromatic rings. The number of carbonyl (C=O) groups is 1. The number of nitrogens with one attached hydrogen (secondary N) is 1. The lowest BCUT2D eigenvalue weighted by Crippen LogP contribution is -2.11. The lowest BCUT2D eigenvalue weighted by atomic mass is 10.2. The van der Waals surface area contributed by atoms with E-state index in [1.807, 2.05) is 19.1 Å². The van der Waals surface area contributed by atoms with Crippen LogP contribution in [-0.2, 0) is 0 Å². The monoisotopic (exact) mass is 297 g/mol. The molecular weight excluding hydrogens is 286 g/mol. The lowest BCUT2D eigenvalue weighted by molar-refractivity contribution is 0.0695. The van der Waals surface area contributed by atoms with Gasteiger partial charge >= 0.3 is 5.97 Å². The van der Waals surface area contributed by atoms with Crippen molar-refractivity contribution in [2.24, 2.45) is 0 Å². The Morgan fingerprint density at radius 2 is 2.26 bits per heavy atom. The number of hydrogen-bond acceptors (Lipinski definition) is 5. The SMILES string of the molecule is Cc1nc(NC(C)c2ccc(Cl)s2)ncc1C(=O)O. The summed E-state index contributed by atoms with van der Waals surface area (Å²) in [6.45, 7) is 3.61. The van der Waals surface area contributed by atoms with Gasteiger partial charge in [-0.1, -0.05) is 11.6 Å². The second-order valence-electron chi connectivity index (χ2n) is 4.01. The molecule has 19 heavy (non-hydrogen) atoms. The second-order valence-corrected chi connectivity index (χ2v) is 5.75. The molecule has 0 aromatic carbocycles. The molecule has 100 valence electrons. The summed E-state index contributed by atoms with van der Waals surface area (Å²) in [6, 6.07) is 3.77. The molecule has 7 heteroatoms. The van der Waals surface area contributed by atoms with Crippen molar-refractivity contribution in [2.75, 3.05) is 5.32 Å². The molecule has 0 radical (unpaired) electrons. The van der Waals surface area contributed by atoms with Crippen molar-refractivity contribution in [3.05, 3.63) is 38.8 Å². The van der Waals surface area contributed by atoms with Crippen molar-refractivity contribution in [2.45, 2.75) is 19.9 Å². The molecule has 2 aromatic heterocycles. The Kier molecular flexibility index (Phi) is 4.01. The fraction of sp³-hybridized carbons (Fsp3) is 0.250. The van der Waals surface area contributed by atoms with E-state index in [0.29, 0.717) is 11.6 Å². The van der Waals surface area contributed by atoms with Crippen LogP contribution in [0.3, 0.4) is 0 Å². The molecule has 0 fully saturated rings. The van der Waals surface area contributed by atoms with Crippen molar-refractivity contribution in [1.29, 1.82) is 0 Å². The van der Waals surface area contributed by atoms with Gasteiger partial charge in [-0.05, 0) is 26.0 Å². The van der Waals surface area contributed by atoms with Crippen molar-refractivity contribution in [3.63, 3.8) is 0 Å². The van der Waals surface area contributed by atoms with Gasteiger partial charge in [0.2, 0.25) is 5.95 Å². The number of rotatable bonds is 4. The second kappa shape index (κ2) is 5.54. The van der Waals surface area contributed by atoms with Crippen molar-refractivity contribution in [3.8, 4) is 0 Å². The number of aromatic carboxylic acids is 1. The lowest BCUT2D eigenvalue weighted by Gasteiger charge is -2.12. The molecule has 2 heterocycles. The summed E-state index contributed by atoms with van der Waals surface area (Å²) < 4.78 is 0.724. The summed E-state index contributed by atoms with van der Waals surface area (Å²) in [5.74, 6) is -0.623. The molecule has 0 aliphatic heterocycles. The zero-order chi connectivity index (χ0) is 14.0. The van der Waals surface area contributed by atoms with Gasteiger partial charge in [-0.2, -0.15) is 0 Å². The number of hydrogen-bond donors (Lipinski definition) is 2. The Morgan fingerprint density at radius 3 is 2.79 bits per heavy atom. The first-order valence-corrected chi connectivity index (χ1v) is 6.75. The van der Waals surface area contributed by atoms with Gasteiger partial charge < -0.3 is 10.4 Å². The van der Waals surface area contributed by atoms with Crippen LogP contribution in [0.5, 0.6) is 0 Å². The van der Waals surface area contributed by atoms with Gasteiger partial charge in [0.15, 0.2) is 0 Å². The van der Waals surface area contributed by atoms with Gasteiger partial charge in [0.25, 0.3) is 0 Å². The summed E-state index contributed by atoms with van der Waals surface area (Å²) in [5.41, 5.74) is 0.541. The van der Waals surface area contributed by atoms with E-state index in [9.17, 15) is 4.79 Å². The van der Waals surface area contributed by atoms with Gasteiger partial charge in [0.05, 0.1) is 21.6 Å². The predicted octanol–water partition coefficient (Wildman–Crippen LogP) is 3.37. The predicted molar refractivity (Wildman–Crippen MR) is 75.1 cm³/mol. The zero-order valence-corrected chi connectivity index (χ0v) is 11.9. The summed E-state index contributed by atoms with van der Waals surface area (Å²) >= 11 is 7.36. The number of carboxylic acids is 1. The number of anilines is 1. The first kappa shape index (κ1) is 13.8. The maximum Gasteiger partial charge on any atom is 0.339 e. The van der Waals surface area contributed by atoms with Crippen LogP contribution in [0, 0.1) is 6.92 Å². The van der Waals surface area contributed by atoms with Gasteiger partial charge in [-0.25, -0.2) is 14.8 Å². The summed E-state index contributed by atoms with van der Waals surface area (Å²) in [4.78, 5) is 20.1. The minimum absolute atomic E-state index is 0.00702. The minimum Gasteiger partial charge on any atom is -0.478 e. The molecule has 0 amide bonds. The summed E-state index contributed by atoms with van der Waals surface area (Å²) in [6.07, 6.45) is 1.31. The molecule has 2 rings (SSSR count). The molecule has 1 unspecified atom stereocenters. The van der Waals surface area contributed by atoms with E-state index in [1.54, 1.807) is 6.92 Å². The third-order valence-corrected chi connectivity index (χ3v) is 3.99. The molecule has 2 N–H and O–H groups in total. The summed E-state index contributed by atoms with van der Waals surface area (Å²) in [5, 5.41) is 12.0. The van der Waals surface area contributed by atoms with E-state index in [4.69, 9.17) is 16.7 Å². The molecular formula is C12H12ClN3O2S. The van der Waals surface area contributed by atoms with Crippen LogP contribution in [0.1, 0.15) is 33.9 Å². The van der Waals surface area contributed by atoms with Crippen LogP contribution in [0.2, 0.25) is 4.34 Å². The number of thiophene rings is 1.